The summed E-state index contributed by atoms with van der Waals surface area (Å²) in [5.74, 6) is -0.355. The molecule has 0 aliphatic carbocycles. The van der Waals surface area contributed by atoms with Gasteiger partial charge in [0.25, 0.3) is 5.91 Å². The van der Waals surface area contributed by atoms with Crippen LogP contribution < -0.4 is 10.2 Å². The van der Waals surface area contributed by atoms with Gasteiger partial charge >= 0.3 is 5.97 Å². The van der Waals surface area contributed by atoms with Crippen molar-refractivity contribution in [2.75, 3.05) is 23.9 Å². The van der Waals surface area contributed by atoms with Gasteiger partial charge in [0, 0.05) is 24.6 Å². The topological polar surface area (TPSA) is 84.4 Å². The molecule has 2 heterocycles. The van der Waals surface area contributed by atoms with Gasteiger partial charge in [0.15, 0.2) is 0 Å². The Kier molecular flexibility index (Phi) is 5.20. The quantitative estimate of drug-likeness (QED) is 0.688. The summed E-state index contributed by atoms with van der Waals surface area (Å²) in [5.41, 5.74) is 3.33. The average Bonchev–Trinajstić information content (AvgIpc) is 2.78. The van der Waals surface area contributed by atoms with Crippen LogP contribution in [0.2, 0.25) is 0 Å². The first-order valence-electron chi connectivity index (χ1n) is 9.33. The molecule has 0 spiro atoms. The minimum atomic E-state index is -0.517. The highest BCUT2D eigenvalue weighted by Crippen LogP contribution is 2.31. The maximum Gasteiger partial charge on any atom is 0.339 e. The lowest BCUT2D eigenvalue weighted by Crippen LogP contribution is -2.26. The molecule has 29 heavy (non-hydrogen) atoms. The van der Waals surface area contributed by atoms with E-state index < -0.39 is 11.9 Å². The molecule has 0 bridgehead atoms. The SMILES string of the molecule is COC(=O)c1ccccc1NC(=O)c1cnc(N2CCCc3ccccc32)nc1. The number of aromatic nitrogens is 2. The number of rotatable bonds is 4. The highest BCUT2D eigenvalue weighted by atomic mass is 16.5. The van der Waals surface area contributed by atoms with E-state index in [-0.39, 0.29) is 5.56 Å². The van der Waals surface area contributed by atoms with Gasteiger partial charge in [0.2, 0.25) is 5.95 Å². The molecule has 0 radical (unpaired) electrons. The van der Waals surface area contributed by atoms with Crippen molar-refractivity contribution in [2.24, 2.45) is 0 Å². The molecule has 7 heteroatoms. The third-order valence-electron chi connectivity index (χ3n) is 4.83. The van der Waals surface area contributed by atoms with Crippen molar-refractivity contribution in [3.05, 3.63) is 77.6 Å². The van der Waals surface area contributed by atoms with Gasteiger partial charge in [-0.05, 0) is 36.6 Å². The number of anilines is 3. The number of hydrogen-bond acceptors (Lipinski definition) is 6. The largest absolute Gasteiger partial charge is 0.465 e. The number of carbonyl (C=O) groups excluding carboxylic acids is 2. The van der Waals surface area contributed by atoms with E-state index in [1.54, 1.807) is 24.3 Å². The van der Waals surface area contributed by atoms with Gasteiger partial charge in [0.1, 0.15) is 0 Å². The van der Waals surface area contributed by atoms with E-state index in [0.717, 1.165) is 25.1 Å². The van der Waals surface area contributed by atoms with Crippen LogP contribution >= 0.6 is 0 Å². The lowest BCUT2D eigenvalue weighted by atomic mass is 10.0. The second kappa shape index (κ2) is 8.10. The highest BCUT2D eigenvalue weighted by molar-refractivity contribution is 6.07. The van der Waals surface area contributed by atoms with Crippen molar-refractivity contribution in [3.63, 3.8) is 0 Å². The molecule has 0 saturated heterocycles. The molecule has 0 atom stereocenters. The summed E-state index contributed by atoms with van der Waals surface area (Å²) in [5, 5.41) is 2.72. The Bertz CT molecular complexity index is 1050. The van der Waals surface area contributed by atoms with Gasteiger partial charge in [-0.15, -0.1) is 0 Å². The lowest BCUT2D eigenvalue weighted by molar-refractivity contribution is 0.0602. The molecule has 0 unspecified atom stereocenters. The Morgan fingerprint density at radius 3 is 2.55 bits per heavy atom. The smallest absolute Gasteiger partial charge is 0.339 e. The predicted octanol–water partition coefficient (Wildman–Crippen LogP) is 3.60. The molecule has 1 aliphatic rings. The number of nitrogens with zero attached hydrogens (tertiary/aromatic N) is 3. The zero-order valence-corrected chi connectivity index (χ0v) is 16.0. The van der Waals surface area contributed by atoms with Gasteiger partial charge < -0.3 is 15.0 Å². The summed E-state index contributed by atoms with van der Waals surface area (Å²) in [7, 11) is 1.30. The van der Waals surface area contributed by atoms with E-state index >= 15 is 0 Å². The molecule has 2 aromatic carbocycles. The fraction of sp³-hybridized carbons (Fsp3) is 0.182. The zero-order chi connectivity index (χ0) is 20.2. The maximum atomic E-state index is 12.6. The van der Waals surface area contributed by atoms with E-state index in [0.29, 0.717) is 17.2 Å². The van der Waals surface area contributed by atoms with Gasteiger partial charge in [-0.3, -0.25) is 4.79 Å². The second-order valence-electron chi connectivity index (χ2n) is 6.65. The Hall–Kier alpha value is -3.74. The predicted molar refractivity (Wildman–Crippen MR) is 110 cm³/mol. The number of nitrogens with one attached hydrogen (secondary N) is 1. The fourth-order valence-corrected chi connectivity index (χ4v) is 3.39. The van der Waals surface area contributed by atoms with E-state index in [1.165, 1.54) is 25.1 Å². The number of amides is 1. The molecule has 146 valence electrons. The van der Waals surface area contributed by atoms with Gasteiger partial charge in [0.05, 0.1) is 23.9 Å². The van der Waals surface area contributed by atoms with Crippen LogP contribution in [0.15, 0.2) is 60.9 Å². The van der Waals surface area contributed by atoms with E-state index in [2.05, 4.69) is 32.3 Å². The van der Waals surface area contributed by atoms with Crippen molar-refractivity contribution < 1.29 is 14.3 Å². The number of methoxy groups -OCH3 is 1. The van der Waals surface area contributed by atoms with E-state index in [1.807, 2.05) is 12.1 Å². The van der Waals surface area contributed by atoms with Crippen LogP contribution in [0.4, 0.5) is 17.3 Å². The molecule has 0 fully saturated rings. The Labute approximate surface area is 168 Å². The van der Waals surface area contributed by atoms with Gasteiger partial charge in [-0.1, -0.05) is 30.3 Å². The zero-order valence-electron chi connectivity index (χ0n) is 16.0. The molecule has 3 aromatic rings. The Morgan fingerprint density at radius 1 is 1.03 bits per heavy atom. The van der Waals surface area contributed by atoms with E-state index in [9.17, 15) is 9.59 Å². The Morgan fingerprint density at radius 2 is 1.76 bits per heavy atom. The minimum absolute atomic E-state index is 0.283. The van der Waals surface area contributed by atoms with Crippen molar-refractivity contribution >= 4 is 29.2 Å². The van der Waals surface area contributed by atoms with Crippen LogP contribution in [0, 0.1) is 0 Å². The number of ether oxygens (including phenoxy) is 1. The molecule has 0 saturated carbocycles. The number of aryl methyl sites for hydroxylation is 1. The molecule has 4 rings (SSSR count). The third-order valence-corrected chi connectivity index (χ3v) is 4.83. The first-order valence-corrected chi connectivity index (χ1v) is 9.33. The standard InChI is InChI=1S/C22H20N4O3/c1-29-21(28)17-9-3-4-10-18(17)25-20(27)16-13-23-22(24-14-16)26-12-6-8-15-7-2-5-11-19(15)26/h2-5,7,9-11,13-14H,6,8,12H2,1H3,(H,25,27). The van der Waals surface area contributed by atoms with Crippen molar-refractivity contribution in [1.29, 1.82) is 0 Å². The molecule has 7 nitrogen and oxygen atoms in total. The molecule has 1 N–H and O–H groups in total. The number of fused-ring (bicyclic) bond motifs is 1. The first-order chi connectivity index (χ1) is 14.2. The van der Waals surface area contributed by atoms with Crippen molar-refractivity contribution in [3.8, 4) is 0 Å². The number of para-hydroxylation sites is 2. The number of hydrogen-bond donors (Lipinski definition) is 1. The molecular formula is C22H20N4O3. The molecule has 1 aliphatic heterocycles. The van der Waals surface area contributed by atoms with Crippen molar-refractivity contribution in [1.82, 2.24) is 9.97 Å². The minimum Gasteiger partial charge on any atom is -0.465 e. The van der Waals surface area contributed by atoms with Gasteiger partial charge in [-0.2, -0.15) is 0 Å². The summed E-state index contributed by atoms with van der Waals surface area (Å²) < 4.78 is 4.76. The summed E-state index contributed by atoms with van der Waals surface area (Å²) >= 11 is 0. The average molecular weight is 388 g/mol. The van der Waals surface area contributed by atoms with E-state index in [4.69, 9.17) is 4.74 Å². The van der Waals surface area contributed by atoms with Crippen LogP contribution in [0.1, 0.15) is 32.7 Å². The van der Waals surface area contributed by atoms with Crippen molar-refractivity contribution in [2.45, 2.75) is 12.8 Å². The second-order valence-corrected chi connectivity index (χ2v) is 6.65. The van der Waals surface area contributed by atoms with Crippen LogP contribution in [-0.2, 0) is 11.2 Å². The van der Waals surface area contributed by atoms with Crippen LogP contribution in [0.5, 0.6) is 0 Å². The summed E-state index contributed by atoms with van der Waals surface area (Å²) in [4.78, 5) is 35.3. The number of benzene rings is 2. The molecule has 1 aromatic heterocycles. The summed E-state index contributed by atoms with van der Waals surface area (Å²) in [6, 6.07) is 14.9. The molecular weight excluding hydrogens is 368 g/mol. The third kappa shape index (κ3) is 3.80. The normalized spacial score (nSPS) is 12.8. The monoisotopic (exact) mass is 388 g/mol. The van der Waals surface area contributed by atoms with Gasteiger partial charge in [-0.25, -0.2) is 14.8 Å². The summed E-state index contributed by atoms with van der Waals surface area (Å²) in [6.45, 7) is 0.828. The lowest BCUT2D eigenvalue weighted by Gasteiger charge is -2.29. The molecule has 1 amide bonds. The highest BCUT2D eigenvalue weighted by Gasteiger charge is 2.20. The van der Waals surface area contributed by atoms with Crippen LogP contribution in [0.25, 0.3) is 0 Å². The summed E-state index contributed by atoms with van der Waals surface area (Å²) in [6.07, 6.45) is 5.05. The van der Waals surface area contributed by atoms with Crippen LogP contribution in [0.3, 0.4) is 0 Å². The number of esters is 1. The number of carbonyl (C=O) groups is 2. The fourth-order valence-electron chi connectivity index (χ4n) is 3.39. The van der Waals surface area contributed by atoms with Crippen LogP contribution in [-0.4, -0.2) is 35.5 Å². The first kappa shape index (κ1) is 18.6. The maximum absolute atomic E-state index is 12.6. The Balaban J connectivity index is 1.54.